The van der Waals surface area contributed by atoms with Gasteiger partial charge >= 0.3 is 0 Å². The number of aryl methyl sites for hydroxylation is 6. The number of hydrogen-bond donors (Lipinski definition) is 0. The van der Waals surface area contributed by atoms with Crippen LogP contribution in [0.15, 0.2) is 36.4 Å². The normalized spacial score (nSPS) is 11.7. The van der Waals surface area contributed by atoms with Crippen LogP contribution in [0, 0.1) is 41.5 Å². The quantitative estimate of drug-likeness (QED) is 0.219. The summed E-state index contributed by atoms with van der Waals surface area (Å²) in [7, 11) is 0. The Balaban J connectivity index is 1.45. The van der Waals surface area contributed by atoms with E-state index in [9.17, 15) is 0 Å². The molecule has 5 aromatic heterocycles. The van der Waals surface area contributed by atoms with Crippen molar-refractivity contribution in [3.05, 3.63) is 68.4 Å². The Hall–Kier alpha value is -2.16. The van der Waals surface area contributed by atoms with Crippen LogP contribution in [0.1, 0.15) is 32.0 Å². The Labute approximate surface area is 225 Å². The summed E-state index contributed by atoms with van der Waals surface area (Å²) in [6.07, 6.45) is 0. The first-order valence-electron chi connectivity index (χ1n) is 11.4. The Bertz CT molecular complexity index is 1560. The van der Waals surface area contributed by atoms with Gasteiger partial charge in [0.15, 0.2) is 0 Å². The van der Waals surface area contributed by atoms with Crippen molar-refractivity contribution in [2.45, 2.75) is 41.5 Å². The number of nitrogens with zero attached hydrogens (tertiary/aromatic N) is 2. The number of benzene rings is 1. The Kier molecular flexibility index (Phi) is 5.81. The van der Waals surface area contributed by atoms with Gasteiger partial charge in [0, 0.05) is 50.1 Å². The molecule has 0 bridgehead atoms. The van der Waals surface area contributed by atoms with Crippen LogP contribution in [-0.2, 0) is 0 Å². The van der Waals surface area contributed by atoms with Gasteiger partial charge in [0.2, 0.25) is 0 Å². The number of thiophene rings is 4. The van der Waals surface area contributed by atoms with Gasteiger partial charge in [0.05, 0.1) is 11.7 Å². The van der Waals surface area contributed by atoms with Crippen molar-refractivity contribution in [1.29, 1.82) is 0 Å². The zero-order valence-electron chi connectivity index (χ0n) is 20.4. The molecule has 0 fully saturated rings. The van der Waals surface area contributed by atoms with E-state index in [0.29, 0.717) is 0 Å². The van der Waals surface area contributed by atoms with Crippen molar-refractivity contribution < 1.29 is 0 Å². The van der Waals surface area contributed by atoms with E-state index in [-0.39, 0.29) is 0 Å². The number of hydrogen-bond acceptors (Lipinski definition) is 7. The smallest absolute Gasteiger partial charge is 0.114 e. The maximum absolute atomic E-state index is 4.78. The molecule has 0 aliphatic carbocycles. The van der Waals surface area contributed by atoms with Crippen LogP contribution in [0.3, 0.4) is 0 Å². The average Bonchev–Trinajstić information content (AvgIpc) is 3.63. The molecular formula is C28H24N2S5. The minimum atomic E-state index is 1.01. The van der Waals surface area contributed by atoms with Gasteiger partial charge in [-0.15, -0.1) is 45.3 Å². The van der Waals surface area contributed by atoms with Crippen molar-refractivity contribution in [3.63, 3.8) is 0 Å². The highest BCUT2D eigenvalue weighted by Gasteiger charge is 2.20. The summed E-state index contributed by atoms with van der Waals surface area (Å²) in [5, 5.41) is 0. The third kappa shape index (κ3) is 3.94. The molecule has 0 aliphatic rings. The van der Waals surface area contributed by atoms with Crippen LogP contribution in [0.25, 0.3) is 51.4 Å². The first-order chi connectivity index (χ1) is 16.8. The molecule has 5 heterocycles. The standard InChI is InChI=1S/C28H24N2S5/c1-13-9-21(31-17(13)5)23-11-15(3)27(33-23)19-7-8-20(26-25(19)29-35-30-26)28-16(4)12-24(34-28)22-10-14(2)18(6)32-22/h7-12H,1-6H3. The van der Waals surface area contributed by atoms with Crippen LogP contribution in [-0.4, -0.2) is 8.75 Å². The van der Waals surface area contributed by atoms with E-state index in [2.05, 4.69) is 77.9 Å². The number of rotatable bonds is 4. The number of fused-ring (bicyclic) bond motifs is 1. The minimum absolute atomic E-state index is 1.01. The van der Waals surface area contributed by atoms with Crippen LogP contribution in [0.4, 0.5) is 0 Å². The molecule has 0 saturated heterocycles. The summed E-state index contributed by atoms with van der Waals surface area (Å²) in [6.45, 7) is 13.2. The zero-order chi connectivity index (χ0) is 24.4. The Morgan fingerprint density at radius 1 is 0.486 bits per heavy atom. The van der Waals surface area contributed by atoms with E-state index in [1.54, 1.807) is 0 Å². The largest absolute Gasteiger partial charge is 0.172 e. The second-order valence-electron chi connectivity index (χ2n) is 9.07. The summed E-state index contributed by atoms with van der Waals surface area (Å²) < 4.78 is 9.56. The summed E-state index contributed by atoms with van der Waals surface area (Å²) in [5.74, 6) is 0. The average molecular weight is 549 g/mol. The SMILES string of the molecule is Cc1cc(-c2cc(C)c(-c3ccc(-c4sc(-c5cc(C)c(C)s5)cc4C)c4nsnc34)s2)sc1C. The molecule has 0 N–H and O–H groups in total. The van der Waals surface area contributed by atoms with Crippen molar-refractivity contribution in [2.75, 3.05) is 0 Å². The molecule has 2 nitrogen and oxygen atoms in total. The van der Waals surface area contributed by atoms with Crippen molar-refractivity contribution in [2.24, 2.45) is 0 Å². The molecule has 7 heteroatoms. The van der Waals surface area contributed by atoms with Gasteiger partial charge in [0.1, 0.15) is 11.0 Å². The molecule has 6 rings (SSSR count). The van der Waals surface area contributed by atoms with E-state index < -0.39 is 0 Å². The highest BCUT2D eigenvalue weighted by atomic mass is 32.1. The fraction of sp³-hybridized carbons (Fsp3) is 0.214. The second kappa shape index (κ2) is 8.75. The molecule has 0 radical (unpaired) electrons. The van der Waals surface area contributed by atoms with Gasteiger partial charge < -0.3 is 0 Å². The minimum Gasteiger partial charge on any atom is -0.172 e. The molecule has 0 aliphatic heterocycles. The van der Waals surface area contributed by atoms with Crippen LogP contribution in [0.5, 0.6) is 0 Å². The maximum atomic E-state index is 4.78. The van der Waals surface area contributed by atoms with E-state index >= 15 is 0 Å². The lowest BCUT2D eigenvalue weighted by Crippen LogP contribution is -1.84. The van der Waals surface area contributed by atoms with E-state index in [0.717, 1.165) is 11.0 Å². The van der Waals surface area contributed by atoms with Gasteiger partial charge in [-0.2, -0.15) is 8.75 Å². The summed E-state index contributed by atoms with van der Waals surface area (Å²) >= 11 is 8.81. The van der Waals surface area contributed by atoms with Gasteiger partial charge in [0.25, 0.3) is 0 Å². The molecule has 176 valence electrons. The van der Waals surface area contributed by atoms with Gasteiger partial charge in [-0.25, -0.2) is 0 Å². The first kappa shape index (κ1) is 23.3. The fourth-order valence-electron chi connectivity index (χ4n) is 4.36. The predicted molar refractivity (Wildman–Crippen MR) is 159 cm³/mol. The highest BCUT2D eigenvalue weighted by Crippen LogP contribution is 2.46. The second-order valence-corrected chi connectivity index (χ2v) is 14.2. The van der Waals surface area contributed by atoms with Crippen molar-refractivity contribution in [1.82, 2.24) is 8.75 Å². The third-order valence-electron chi connectivity index (χ3n) is 6.56. The predicted octanol–water partition coefficient (Wildman–Crippen LogP) is 10.5. The number of aromatic nitrogens is 2. The van der Waals surface area contributed by atoms with Crippen molar-refractivity contribution >= 4 is 68.1 Å². The fourth-order valence-corrected chi connectivity index (χ4v) is 9.55. The maximum Gasteiger partial charge on any atom is 0.114 e. The lowest BCUT2D eigenvalue weighted by Gasteiger charge is -2.06. The van der Waals surface area contributed by atoms with Gasteiger partial charge in [-0.3, -0.25) is 0 Å². The lowest BCUT2D eigenvalue weighted by molar-refractivity contribution is 1.44. The van der Waals surface area contributed by atoms with E-state index in [1.165, 1.54) is 84.1 Å². The van der Waals surface area contributed by atoms with Crippen molar-refractivity contribution in [3.8, 4) is 40.4 Å². The van der Waals surface area contributed by atoms with Gasteiger partial charge in [-0.05, 0) is 88.1 Å². The van der Waals surface area contributed by atoms with Crippen LogP contribution in [0.2, 0.25) is 0 Å². The molecular weight excluding hydrogens is 525 g/mol. The zero-order valence-corrected chi connectivity index (χ0v) is 24.5. The molecule has 0 atom stereocenters. The molecule has 0 saturated carbocycles. The van der Waals surface area contributed by atoms with E-state index in [1.807, 2.05) is 45.3 Å². The molecule has 0 amide bonds. The first-order valence-corrected chi connectivity index (χ1v) is 15.4. The van der Waals surface area contributed by atoms with Gasteiger partial charge in [-0.1, -0.05) is 12.1 Å². The van der Waals surface area contributed by atoms with Crippen LogP contribution >= 0.6 is 57.1 Å². The Morgan fingerprint density at radius 2 is 0.857 bits per heavy atom. The lowest BCUT2D eigenvalue weighted by atomic mass is 10.0. The van der Waals surface area contributed by atoms with E-state index in [4.69, 9.17) is 8.75 Å². The molecule has 6 aromatic rings. The molecule has 0 spiro atoms. The molecule has 0 unspecified atom stereocenters. The third-order valence-corrected chi connectivity index (χ3v) is 12.3. The highest BCUT2D eigenvalue weighted by molar-refractivity contribution is 7.24. The summed E-state index contributed by atoms with van der Waals surface area (Å²) in [6, 6.07) is 13.8. The van der Waals surface area contributed by atoms with Crippen LogP contribution < -0.4 is 0 Å². The topological polar surface area (TPSA) is 25.8 Å². The summed E-state index contributed by atoms with van der Waals surface area (Å²) in [4.78, 5) is 10.7. The summed E-state index contributed by atoms with van der Waals surface area (Å²) in [5.41, 5.74) is 9.74. The molecule has 35 heavy (non-hydrogen) atoms. The monoisotopic (exact) mass is 548 g/mol. The Morgan fingerprint density at radius 3 is 1.23 bits per heavy atom. The molecule has 1 aromatic carbocycles.